The summed E-state index contributed by atoms with van der Waals surface area (Å²) in [7, 11) is 1.93. The highest BCUT2D eigenvalue weighted by atomic mass is 19.1. The molecule has 0 radical (unpaired) electrons. The van der Waals surface area contributed by atoms with Crippen LogP contribution in [0.25, 0.3) is 10.9 Å². The second-order valence-electron chi connectivity index (χ2n) is 9.99. The molecule has 0 bridgehead atoms. The minimum Gasteiger partial charge on any atom is -0.322 e. The lowest BCUT2D eigenvalue weighted by molar-refractivity contribution is -0.0834. The van der Waals surface area contributed by atoms with Crippen molar-refractivity contribution in [2.45, 2.75) is 19.3 Å². The average Bonchev–Trinajstić information content (AvgIpc) is 3.19. The summed E-state index contributed by atoms with van der Waals surface area (Å²) >= 11 is 0. The summed E-state index contributed by atoms with van der Waals surface area (Å²) in [5.74, 6) is 4.42. The van der Waals surface area contributed by atoms with Gasteiger partial charge in [-0.05, 0) is 67.6 Å². The van der Waals surface area contributed by atoms with Crippen LogP contribution < -0.4 is 10.9 Å². The third-order valence-corrected chi connectivity index (χ3v) is 7.36. The molecule has 38 heavy (non-hydrogen) atoms. The third-order valence-electron chi connectivity index (χ3n) is 7.36. The summed E-state index contributed by atoms with van der Waals surface area (Å²) in [6.07, 6.45) is 1.37. The predicted molar refractivity (Wildman–Crippen MR) is 145 cm³/mol. The number of anilines is 1. The number of amides is 1. The number of piperazine rings is 1. The average molecular weight is 508 g/mol. The number of aromatic amines is 1. The van der Waals surface area contributed by atoms with Crippen LogP contribution >= 0.6 is 0 Å². The minimum absolute atomic E-state index is 0.197. The number of carbonyl (C=O) groups excluding carboxylic acids is 1. The maximum Gasteiger partial charge on any atom is 0.258 e. The number of hydrogen-bond acceptors (Lipinski definition) is 5. The summed E-state index contributed by atoms with van der Waals surface area (Å²) in [6, 6.07) is 16.1. The van der Waals surface area contributed by atoms with Crippen molar-refractivity contribution in [3.63, 3.8) is 0 Å². The molecule has 1 unspecified atom stereocenters. The zero-order valence-electron chi connectivity index (χ0n) is 21.1. The Balaban J connectivity index is 1.24. The quantitative estimate of drug-likeness (QED) is 0.319. The van der Waals surface area contributed by atoms with E-state index < -0.39 is 5.79 Å². The highest BCUT2D eigenvalue weighted by Gasteiger charge is 2.48. The van der Waals surface area contributed by atoms with E-state index in [-0.39, 0.29) is 11.5 Å². The lowest BCUT2D eigenvalue weighted by Gasteiger charge is -2.40. The molecule has 1 fully saturated rings. The SMILES string of the molecule is Cc1ccc(C(=O)Nc2ccc3c(c2)C2(F)CN(C)CCN2C3)cc1C#Cc1ccc2c(=O)[nH]cnc2c1. The number of nitrogens with zero attached hydrogens (tertiary/aromatic N) is 3. The number of benzene rings is 3. The molecular weight excluding hydrogens is 481 g/mol. The fourth-order valence-corrected chi connectivity index (χ4v) is 5.21. The van der Waals surface area contributed by atoms with E-state index in [9.17, 15) is 9.59 Å². The first-order valence-corrected chi connectivity index (χ1v) is 12.5. The molecule has 1 aromatic heterocycles. The van der Waals surface area contributed by atoms with Crippen molar-refractivity contribution < 1.29 is 9.18 Å². The molecule has 8 heteroatoms. The predicted octanol–water partition coefficient (Wildman–Crippen LogP) is 3.77. The van der Waals surface area contributed by atoms with Gasteiger partial charge in [-0.3, -0.25) is 14.5 Å². The first-order valence-electron chi connectivity index (χ1n) is 12.5. The highest BCUT2D eigenvalue weighted by Crippen LogP contribution is 2.43. The number of rotatable bonds is 2. The topological polar surface area (TPSA) is 81.3 Å². The van der Waals surface area contributed by atoms with E-state index >= 15 is 4.39 Å². The third kappa shape index (κ3) is 4.26. The second kappa shape index (κ2) is 9.21. The number of H-pyrrole nitrogens is 1. The fraction of sp³-hybridized carbons (Fsp3) is 0.233. The van der Waals surface area contributed by atoms with E-state index in [1.54, 1.807) is 36.4 Å². The maximum absolute atomic E-state index is 16.0. The number of alkyl halides is 1. The molecule has 2 aliphatic heterocycles. The van der Waals surface area contributed by atoms with Gasteiger partial charge in [-0.25, -0.2) is 9.37 Å². The summed E-state index contributed by atoms with van der Waals surface area (Å²) in [5, 5.41) is 3.43. The molecule has 7 nitrogen and oxygen atoms in total. The van der Waals surface area contributed by atoms with Gasteiger partial charge in [0.25, 0.3) is 11.5 Å². The molecular formula is C30H26FN5O2. The number of hydrogen-bond donors (Lipinski definition) is 2. The van der Waals surface area contributed by atoms with Crippen LogP contribution in [-0.2, 0) is 12.3 Å². The molecule has 4 aromatic rings. The highest BCUT2D eigenvalue weighted by molar-refractivity contribution is 6.04. The number of aromatic nitrogens is 2. The monoisotopic (exact) mass is 507 g/mol. The molecule has 1 saturated heterocycles. The van der Waals surface area contributed by atoms with E-state index in [0.717, 1.165) is 17.7 Å². The number of aryl methyl sites for hydroxylation is 1. The smallest absolute Gasteiger partial charge is 0.258 e. The van der Waals surface area contributed by atoms with Crippen molar-refractivity contribution in [3.05, 3.63) is 105 Å². The van der Waals surface area contributed by atoms with Crippen LogP contribution in [0, 0.1) is 18.8 Å². The first-order chi connectivity index (χ1) is 18.3. The van der Waals surface area contributed by atoms with Crippen LogP contribution in [0.5, 0.6) is 0 Å². The molecule has 0 saturated carbocycles. The standard InChI is InChI=1S/C30H26FN5O2/c1-19-3-6-22(14-21(19)7-4-20-5-10-25-27(13-20)32-18-33-29(25)38)28(37)34-24-9-8-23-16-36-12-11-35(2)17-30(36,31)26(23)15-24/h3,5-6,8-10,13-15,18H,11-12,16-17H2,1-2H3,(H,34,37)(H,32,33,38). The number of fused-ring (bicyclic) bond motifs is 4. The molecule has 2 aliphatic rings. The van der Waals surface area contributed by atoms with Crippen LogP contribution in [0.3, 0.4) is 0 Å². The van der Waals surface area contributed by atoms with Crippen molar-refractivity contribution in [1.82, 2.24) is 19.8 Å². The maximum atomic E-state index is 16.0. The van der Waals surface area contributed by atoms with Gasteiger partial charge in [-0.2, -0.15) is 0 Å². The molecule has 1 amide bonds. The Morgan fingerprint density at radius 1 is 1.11 bits per heavy atom. The Bertz CT molecular complexity index is 1720. The summed E-state index contributed by atoms with van der Waals surface area (Å²) in [6.45, 7) is 4.32. The van der Waals surface area contributed by atoms with E-state index in [0.29, 0.717) is 58.5 Å². The van der Waals surface area contributed by atoms with Crippen molar-refractivity contribution in [1.29, 1.82) is 0 Å². The van der Waals surface area contributed by atoms with E-state index in [1.165, 1.54) is 6.33 Å². The van der Waals surface area contributed by atoms with Gasteiger partial charge in [0.1, 0.15) is 0 Å². The molecule has 0 aliphatic carbocycles. The van der Waals surface area contributed by atoms with E-state index in [1.807, 2.05) is 42.0 Å². The molecule has 3 heterocycles. The summed E-state index contributed by atoms with van der Waals surface area (Å²) < 4.78 is 16.0. The Hall–Kier alpha value is -4.32. The molecule has 3 aromatic carbocycles. The second-order valence-corrected chi connectivity index (χ2v) is 9.99. The molecule has 1 atom stereocenters. The largest absolute Gasteiger partial charge is 0.322 e. The summed E-state index contributed by atoms with van der Waals surface area (Å²) in [5.41, 5.74) is 5.35. The van der Waals surface area contributed by atoms with E-state index in [2.05, 4.69) is 27.1 Å². The Morgan fingerprint density at radius 3 is 2.84 bits per heavy atom. The lowest BCUT2D eigenvalue weighted by atomic mass is 10.00. The van der Waals surface area contributed by atoms with Crippen LogP contribution in [0.1, 0.15) is 38.2 Å². The van der Waals surface area contributed by atoms with Crippen LogP contribution in [-0.4, -0.2) is 52.4 Å². The molecule has 6 rings (SSSR count). The van der Waals surface area contributed by atoms with E-state index in [4.69, 9.17) is 0 Å². The van der Waals surface area contributed by atoms with Gasteiger partial charge >= 0.3 is 0 Å². The van der Waals surface area contributed by atoms with Crippen molar-refractivity contribution in [2.24, 2.45) is 0 Å². The molecule has 190 valence electrons. The van der Waals surface area contributed by atoms with Gasteiger partial charge < -0.3 is 15.2 Å². The fourth-order valence-electron chi connectivity index (χ4n) is 5.21. The number of carbonyl (C=O) groups is 1. The summed E-state index contributed by atoms with van der Waals surface area (Å²) in [4.78, 5) is 35.7. The van der Waals surface area contributed by atoms with Gasteiger partial charge in [0, 0.05) is 47.6 Å². The Labute approximate surface area is 219 Å². The van der Waals surface area contributed by atoms with Gasteiger partial charge in [0.15, 0.2) is 0 Å². The van der Waals surface area contributed by atoms with Gasteiger partial charge in [-0.1, -0.05) is 24.0 Å². The van der Waals surface area contributed by atoms with Crippen LogP contribution in [0.15, 0.2) is 65.7 Å². The Morgan fingerprint density at radius 2 is 1.97 bits per heavy atom. The van der Waals surface area contributed by atoms with Gasteiger partial charge in [0.05, 0.1) is 23.8 Å². The van der Waals surface area contributed by atoms with Crippen molar-refractivity contribution in [2.75, 3.05) is 32.0 Å². The van der Waals surface area contributed by atoms with Crippen molar-refractivity contribution in [3.8, 4) is 11.8 Å². The minimum atomic E-state index is -1.54. The van der Waals surface area contributed by atoms with Crippen molar-refractivity contribution >= 4 is 22.5 Å². The number of nitrogens with one attached hydrogen (secondary N) is 2. The number of likely N-dealkylation sites (N-methyl/N-ethyl adjacent to an activating group) is 1. The van der Waals surface area contributed by atoms with Gasteiger partial charge in [-0.15, -0.1) is 0 Å². The van der Waals surface area contributed by atoms with Gasteiger partial charge in [0.2, 0.25) is 5.79 Å². The van der Waals surface area contributed by atoms with Crippen LogP contribution in [0.2, 0.25) is 0 Å². The molecule has 0 spiro atoms. The lowest BCUT2D eigenvalue weighted by Crippen LogP contribution is -2.53. The zero-order chi connectivity index (χ0) is 26.4. The number of halogens is 1. The zero-order valence-corrected chi connectivity index (χ0v) is 21.1. The normalized spacial score (nSPS) is 18.9. The van der Waals surface area contributed by atoms with Crippen LogP contribution in [0.4, 0.5) is 10.1 Å². The Kier molecular flexibility index (Phi) is 5.83. The molecule has 2 N–H and O–H groups in total. The first kappa shape index (κ1) is 24.0.